The molecule has 0 amide bonds. The molecule has 1 aromatic heterocycles. The van der Waals surface area contributed by atoms with Crippen molar-refractivity contribution in [2.24, 2.45) is 0 Å². The van der Waals surface area contributed by atoms with Crippen LogP contribution in [-0.2, 0) is 0 Å². The van der Waals surface area contributed by atoms with Crippen molar-refractivity contribution in [3.63, 3.8) is 0 Å². The van der Waals surface area contributed by atoms with Gasteiger partial charge in [0.05, 0.1) is 26.3 Å². The Morgan fingerprint density at radius 2 is 1.89 bits per heavy atom. The second-order valence-electron chi connectivity index (χ2n) is 8.09. The van der Waals surface area contributed by atoms with Crippen LogP contribution in [0.5, 0.6) is 17.2 Å². The highest BCUT2D eigenvalue weighted by atomic mass is 35.5. The van der Waals surface area contributed by atoms with Crippen LogP contribution in [0, 0.1) is 12.7 Å². The van der Waals surface area contributed by atoms with Gasteiger partial charge < -0.3 is 29.6 Å². The minimum Gasteiger partial charge on any atom is -0.497 e. The number of aromatic amines is 1. The molecule has 3 N–H and O–H groups in total. The maximum absolute atomic E-state index is 14.0. The predicted molar refractivity (Wildman–Crippen MR) is 137 cm³/mol. The molecule has 1 atom stereocenters. The number of hydrogen-bond acceptors (Lipinski definition) is 6. The third-order valence-corrected chi connectivity index (χ3v) is 6.28. The van der Waals surface area contributed by atoms with Crippen molar-refractivity contribution >= 4 is 34.0 Å². The molecule has 4 aromatic rings. The molecule has 1 heterocycles. The maximum Gasteiger partial charge on any atom is 0.191 e. The number of aryl methyl sites for hydroxylation is 1. The molecule has 0 spiro atoms. The zero-order valence-corrected chi connectivity index (χ0v) is 20.8. The number of ether oxygens (including phenoxy) is 3. The van der Waals surface area contributed by atoms with E-state index in [1.807, 2.05) is 6.92 Å². The predicted octanol–water partition coefficient (Wildman–Crippen LogP) is 5.69. The fourth-order valence-electron chi connectivity index (χ4n) is 4.07. The fourth-order valence-corrected chi connectivity index (χ4v) is 4.23. The lowest BCUT2D eigenvalue weighted by Gasteiger charge is -2.22. The van der Waals surface area contributed by atoms with Gasteiger partial charge in [0, 0.05) is 57.7 Å². The van der Waals surface area contributed by atoms with Crippen molar-refractivity contribution in [3.05, 3.63) is 82.3 Å². The Morgan fingerprint density at radius 1 is 1.11 bits per heavy atom. The molecule has 0 aliphatic rings. The fraction of sp³-hybridized carbons (Fsp3) is 0.222. The molecule has 0 saturated heterocycles. The summed E-state index contributed by atoms with van der Waals surface area (Å²) >= 11 is 6.27. The van der Waals surface area contributed by atoms with Gasteiger partial charge in [-0.2, -0.15) is 0 Å². The molecule has 0 saturated carbocycles. The summed E-state index contributed by atoms with van der Waals surface area (Å²) in [6.07, 6.45) is 1.64. The molecule has 36 heavy (non-hydrogen) atoms. The van der Waals surface area contributed by atoms with Crippen LogP contribution in [0.1, 0.15) is 27.5 Å². The molecule has 188 valence electrons. The monoisotopic (exact) mass is 512 g/mol. The Kier molecular flexibility index (Phi) is 7.67. The van der Waals surface area contributed by atoms with Gasteiger partial charge in [-0.1, -0.05) is 17.7 Å². The lowest BCUT2D eigenvalue weighted by atomic mass is 9.95. The van der Waals surface area contributed by atoms with Crippen LogP contribution >= 0.6 is 11.6 Å². The molecule has 0 aliphatic heterocycles. The summed E-state index contributed by atoms with van der Waals surface area (Å²) in [6.45, 7) is 1.81. The number of aromatic nitrogens is 1. The highest BCUT2D eigenvalue weighted by molar-refractivity contribution is 6.32. The molecule has 3 aromatic carbocycles. The van der Waals surface area contributed by atoms with E-state index in [0.717, 1.165) is 11.1 Å². The molecular weight excluding hydrogens is 487 g/mol. The summed E-state index contributed by atoms with van der Waals surface area (Å²) in [5, 5.41) is 13.7. The Morgan fingerprint density at radius 3 is 2.61 bits per heavy atom. The van der Waals surface area contributed by atoms with E-state index in [1.54, 1.807) is 36.5 Å². The van der Waals surface area contributed by atoms with Crippen LogP contribution in [0.4, 0.5) is 10.1 Å². The van der Waals surface area contributed by atoms with Crippen molar-refractivity contribution in [3.8, 4) is 17.2 Å². The highest BCUT2D eigenvalue weighted by Gasteiger charge is 2.28. The standard InChI is InChI=1S/C27H26ClFN2O5/c1-15-23(28)7-6-20-22(14-30-25(15)20)27(33)26(21-5-4-16(29)10-24(21)35-3)31-17-11-18(34-2)13-19(12-17)36-9-8-32/h4-7,10-14,26,30-32H,8-9H2,1-3H3. The number of H-pyrrole nitrogens is 1. The third-order valence-electron chi connectivity index (χ3n) is 5.87. The van der Waals surface area contributed by atoms with Gasteiger partial charge in [-0.05, 0) is 30.7 Å². The number of benzene rings is 3. The lowest BCUT2D eigenvalue weighted by molar-refractivity contribution is 0.0970. The van der Waals surface area contributed by atoms with Crippen molar-refractivity contribution in [2.45, 2.75) is 13.0 Å². The van der Waals surface area contributed by atoms with E-state index < -0.39 is 11.9 Å². The van der Waals surface area contributed by atoms with Crippen molar-refractivity contribution in [2.75, 3.05) is 32.8 Å². The van der Waals surface area contributed by atoms with Crippen molar-refractivity contribution in [1.29, 1.82) is 0 Å². The number of carbonyl (C=O) groups is 1. The smallest absolute Gasteiger partial charge is 0.191 e. The molecular formula is C27H26ClFN2O5. The largest absolute Gasteiger partial charge is 0.497 e. The van der Waals surface area contributed by atoms with Gasteiger partial charge in [-0.15, -0.1) is 0 Å². The lowest BCUT2D eigenvalue weighted by Crippen LogP contribution is -2.22. The number of carbonyl (C=O) groups excluding carboxylic acids is 1. The first-order chi connectivity index (χ1) is 17.4. The zero-order chi connectivity index (χ0) is 25.8. The Bertz CT molecular complexity index is 1400. The van der Waals surface area contributed by atoms with E-state index in [0.29, 0.717) is 38.7 Å². The van der Waals surface area contributed by atoms with Gasteiger partial charge in [-0.25, -0.2) is 4.39 Å². The molecule has 4 rings (SSSR count). The summed E-state index contributed by atoms with van der Waals surface area (Å²) in [6, 6.07) is 11.7. The number of Topliss-reactive ketones (excluding diaryl/α,β-unsaturated/α-hetero) is 1. The van der Waals surface area contributed by atoms with Crippen LogP contribution in [0.15, 0.2) is 54.7 Å². The van der Waals surface area contributed by atoms with Crippen LogP contribution in [0.25, 0.3) is 10.9 Å². The number of aliphatic hydroxyl groups excluding tert-OH is 1. The third kappa shape index (κ3) is 5.10. The summed E-state index contributed by atoms with van der Waals surface area (Å²) in [5.41, 5.74) is 3.00. The molecule has 9 heteroatoms. The second-order valence-corrected chi connectivity index (χ2v) is 8.50. The van der Waals surface area contributed by atoms with Gasteiger partial charge in [0.15, 0.2) is 5.78 Å². The minimum atomic E-state index is -0.951. The number of anilines is 1. The summed E-state index contributed by atoms with van der Waals surface area (Å²) in [4.78, 5) is 17.2. The average Bonchev–Trinajstić information content (AvgIpc) is 3.32. The quantitative estimate of drug-likeness (QED) is 0.236. The number of rotatable bonds is 10. The van der Waals surface area contributed by atoms with Crippen LogP contribution in [-0.4, -0.2) is 43.3 Å². The zero-order valence-electron chi connectivity index (χ0n) is 20.0. The van der Waals surface area contributed by atoms with Gasteiger partial charge in [-0.3, -0.25) is 4.79 Å². The second kappa shape index (κ2) is 10.9. The van der Waals surface area contributed by atoms with Gasteiger partial charge >= 0.3 is 0 Å². The van der Waals surface area contributed by atoms with Crippen molar-refractivity contribution < 1.29 is 28.5 Å². The Labute approximate surface area is 212 Å². The number of halogens is 2. The average molecular weight is 513 g/mol. The molecule has 0 aliphatic carbocycles. The van der Waals surface area contributed by atoms with Crippen LogP contribution in [0.2, 0.25) is 5.02 Å². The van der Waals surface area contributed by atoms with E-state index in [1.165, 1.54) is 32.4 Å². The topological polar surface area (TPSA) is 92.8 Å². The number of ketones is 1. The van der Waals surface area contributed by atoms with Crippen LogP contribution < -0.4 is 19.5 Å². The van der Waals surface area contributed by atoms with E-state index in [2.05, 4.69) is 10.3 Å². The number of nitrogens with one attached hydrogen (secondary N) is 2. The molecule has 0 radical (unpaired) electrons. The molecule has 7 nitrogen and oxygen atoms in total. The first-order valence-electron chi connectivity index (χ1n) is 11.2. The normalized spacial score (nSPS) is 11.8. The van der Waals surface area contributed by atoms with Crippen molar-refractivity contribution in [1.82, 2.24) is 4.98 Å². The Hall–Kier alpha value is -3.75. The summed E-state index contributed by atoms with van der Waals surface area (Å²) in [5.74, 6) is 0.399. The van der Waals surface area contributed by atoms with E-state index >= 15 is 0 Å². The minimum absolute atomic E-state index is 0.0952. The van der Waals surface area contributed by atoms with E-state index in [9.17, 15) is 9.18 Å². The molecule has 0 bridgehead atoms. The number of aliphatic hydroxyl groups is 1. The number of methoxy groups -OCH3 is 2. The number of hydrogen-bond donors (Lipinski definition) is 3. The molecule has 1 unspecified atom stereocenters. The maximum atomic E-state index is 14.0. The van der Waals surface area contributed by atoms with Gasteiger partial charge in [0.1, 0.15) is 35.7 Å². The van der Waals surface area contributed by atoms with Gasteiger partial charge in [0.2, 0.25) is 0 Å². The molecule has 0 fully saturated rings. The highest BCUT2D eigenvalue weighted by Crippen LogP contribution is 2.36. The SMILES string of the molecule is COc1cc(NC(C(=O)c2c[nH]c3c(C)c(Cl)ccc23)c2ccc(F)cc2OC)cc(OCCO)c1. The van der Waals surface area contributed by atoms with Crippen LogP contribution in [0.3, 0.4) is 0 Å². The first kappa shape index (κ1) is 25.3. The van der Waals surface area contributed by atoms with E-state index in [4.69, 9.17) is 30.9 Å². The number of fused-ring (bicyclic) bond motifs is 1. The van der Waals surface area contributed by atoms with Gasteiger partial charge in [0.25, 0.3) is 0 Å². The summed E-state index contributed by atoms with van der Waals surface area (Å²) < 4.78 is 30.4. The van der Waals surface area contributed by atoms with E-state index in [-0.39, 0.29) is 24.7 Å². The summed E-state index contributed by atoms with van der Waals surface area (Å²) in [7, 11) is 2.93. The first-order valence-corrected chi connectivity index (χ1v) is 11.6. The Balaban J connectivity index is 1.82.